The van der Waals surface area contributed by atoms with Crippen molar-refractivity contribution in [3.05, 3.63) is 43.4 Å². The summed E-state index contributed by atoms with van der Waals surface area (Å²) in [5, 5.41) is 0. The Labute approximate surface area is 102 Å². The van der Waals surface area contributed by atoms with E-state index >= 15 is 0 Å². The van der Waals surface area contributed by atoms with E-state index < -0.39 is 0 Å². The highest BCUT2D eigenvalue weighted by atomic mass is 13.9. The van der Waals surface area contributed by atoms with Crippen LogP contribution in [0.2, 0.25) is 0 Å². The molecule has 0 spiro atoms. The second-order valence-electron chi connectivity index (χ2n) is 4.09. The molecule has 0 nitrogen and oxygen atoms in total. The van der Waals surface area contributed by atoms with Gasteiger partial charge in [-0.2, -0.15) is 0 Å². The minimum Gasteiger partial charge on any atom is -0.0845 e. The van der Waals surface area contributed by atoms with E-state index in [9.17, 15) is 0 Å². The highest BCUT2D eigenvalue weighted by molar-refractivity contribution is 5.10. The van der Waals surface area contributed by atoms with Gasteiger partial charge in [0.1, 0.15) is 0 Å². The summed E-state index contributed by atoms with van der Waals surface area (Å²) in [4.78, 5) is 0. The van der Waals surface area contributed by atoms with Crippen LogP contribution in [-0.2, 0) is 0 Å². The smallest absolute Gasteiger partial charge is 0.0348 e. The molecule has 0 aliphatic rings. The normalized spacial score (nSPS) is 12.4. The number of hydrogen-bond donors (Lipinski definition) is 0. The van der Waals surface area contributed by atoms with Crippen LogP contribution in [0, 0.1) is 6.92 Å². The van der Waals surface area contributed by atoms with Crippen molar-refractivity contribution in [1.29, 1.82) is 0 Å². The van der Waals surface area contributed by atoms with Gasteiger partial charge in [-0.15, -0.1) is 0 Å². The summed E-state index contributed by atoms with van der Waals surface area (Å²) in [6, 6.07) is 0. The Morgan fingerprint density at radius 1 is 0.750 bits per heavy atom. The summed E-state index contributed by atoms with van der Waals surface area (Å²) in [7, 11) is 0. The van der Waals surface area contributed by atoms with E-state index in [2.05, 4.69) is 50.3 Å². The zero-order chi connectivity index (χ0) is 11.9. The molecule has 0 saturated carbocycles. The van der Waals surface area contributed by atoms with Gasteiger partial charge in [0.15, 0.2) is 0 Å². The van der Waals surface area contributed by atoms with Gasteiger partial charge >= 0.3 is 0 Å². The van der Waals surface area contributed by atoms with E-state index in [0.717, 1.165) is 6.42 Å². The van der Waals surface area contributed by atoms with Gasteiger partial charge in [0.2, 0.25) is 0 Å². The van der Waals surface area contributed by atoms with E-state index in [0.29, 0.717) is 0 Å². The molecule has 16 heavy (non-hydrogen) atoms. The second-order valence-corrected chi connectivity index (χ2v) is 4.09. The molecule has 0 bridgehead atoms. The van der Waals surface area contributed by atoms with Crippen LogP contribution >= 0.6 is 0 Å². The molecule has 0 aromatic carbocycles. The summed E-state index contributed by atoms with van der Waals surface area (Å²) in [5.41, 5.74) is 0. The average Bonchev–Trinajstić information content (AvgIpc) is 2.31. The van der Waals surface area contributed by atoms with Crippen molar-refractivity contribution in [2.45, 2.75) is 58.3 Å². The lowest BCUT2D eigenvalue weighted by Crippen LogP contribution is -1.73. The molecule has 0 aromatic heterocycles. The first-order valence-electron chi connectivity index (χ1n) is 6.69. The molecule has 1 radical (unpaired) electrons. The predicted molar refractivity (Wildman–Crippen MR) is 75.4 cm³/mol. The van der Waals surface area contributed by atoms with E-state index in [-0.39, 0.29) is 0 Å². The van der Waals surface area contributed by atoms with Crippen molar-refractivity contribution < 1.29 is 0 Å². The van der Waals surface area contributed by atoms with E-state index in [1.54, 1.807) is 0 Å². The number of hydrogen-bond acceptors (Lipinski definition) is 0. The molecule has 91 valence electrons. The second kappa shape index (κ2) is 14.2. The van der Waals surface area contributed by atoms with E-state index in [4.69, 9.17) is 0 Å². The van der Waals surface area contributed by atoms with Crippen molar-refractivity contribution >= 4 is 0 Å². The van der Waals surface area contributed by atoms with Gasteiger partial charge in [0, 0.05) is 0 Å². The Morgan fingerprint density at radius 3 is 1.94 bits per heavy atom. The largest absolute Gasteiger partial charge is 0.0845 e. The quantitative estimate of drug-likeness (QED) is 0.330. The van der Waals surface area contributed by atoms with Crippen molar-refractivity contribution in [1.82, 2.24) is 0 Å². The lowest BCUT2D eigenvalue weighted by atomic mass is 10.1. The third kappa shape index (κ3) is 13.2. The molecule has 0 aliphatic carbocycles. The Kier molecular flexibility index (Phi) is 13.5. The Bertz CT molecular complexity index is 196. The standard InChI is InChI=1S/C16H27/c1-3-5-7-9-11-13-15-16-14-12-10-8-6-4-2/h10,12-16H,1,3-9,11H2,2H3/b12-10+,15-13-,16-14+. The summed E-state index contributed by atoms with van der Waals surface area (Å²) in [6.45, 7) is 6.06. The summed E-state index contributed by atoms with van der Waals surface area (Å²) < 4.78 is 0. The van der Waals surface area contributed by atoms with Gasteiger partial charge in [-0.25, -0.2) is 0 Å². The van der Waals surface area contributed by atoms with Crippen LogP contribution in [0.1, 0.15) is 58.3 Å². The van der Waals surface area contributed by atoms with Gasteiger partial charge in [-0.05, 0) is 19.3 Å². The Morgan fingerprint density at radius 2 is 1.38 bits per heavy atom. The molecule has 0 aliphatic heterocycles. The zero-order valence-corrected chi connectivity index (χ0v) is 10.8. The zero-order valence-electron chi connectivity index (χ0n) is 10.8. The van der Waals surface area contributed by atoms with Crippen molar-refractivity contribution in [3.8, 4) is 0 Å². The van der Waals surface area contributed by atoms with Gasteiger partial charge in [-0.1, -0.05) is 82.4 Å². The van der Waals surface area contributed by atoms with Crippen LogP contribution in [0.4, 0.5) is 0 Å². The third-order valence-corrected chi connectivity index (χ3v) is 2.45. The monoisotopic (exact) mass is 219 g/mol. The van der Waals surface area contributed by atoms with Crippen LogP contribution < -0.4 is 0 Å². The van der Waals surface area contributed by atoms with Gasteiger partial charge in [-0.3, -0.25) is 0 Å². The summed E-state index contributed by atoms with van der Waals surface area (Å²) >= 11 is 0. The van der Waals surface area contributed by atoms with Crippen LogP contribution in [0.15, 0.2) is 36.5 Å². The summed E-state index contributed by atoms with van der Waals surface area (Å²) in [5.74, 6) is 0. The highest BCUT2D eigenvalue weighted by Crippen LogP contribution is 2.02. The first kappa shape index (κ1) is 15.2. The number of rotatable bonds is 10. The van der Waals surface area contributed by atoms with Gasteiger partial charge in [0.05, 0.1) is 0 Å². The summed E-state index contributed by atoms with van der Waals surface area (Å²) in [6.07, 6.45) is 22.9. The lowest BCUT2D eigenvalue weighted by molar-refractivity contribution is 0.695. The molecule has 0 amide bonds. The van der Waals surface area contributed by atoms with Crippen molar-refractivity contribution in [3.63, 3.8) is 0 Å². The molecule has 0 fully saturated rings. The van der Waals surface area contributed by atoms with Crippen LogP contribution in [0.3, 0.4) is 0 Å². The number of allylic oxidation sites excluding steroid dienone is 6. The molecule has 0 heterocycles. The lowest BCUT2D eigenvalue weighted by Gasteiger charge is -1.92. The fraction of sp³-hybridized carbons (Fsp3) is 0.562. The average molecular weight is 219 g/mol. The maximum atomic E-state index is 3.84. The van der Waals surface area contributed by atoms with Crippen molar-refractivity contribution in [2.24, 2.45) is 0 Å². The maximum absolute atomic E-state index is 3.84. The van der Waals surface area contributed by atoms with Crippen LogP contribution in [0.25, 0.3) is 0 Å². The molecule has 0 saturated heterocycles. The SMILES string of the molecule is [CH2]CCCCC\C=C/C=C/C=C/CCCC. The van der Waals surface area contributed by atoms with Crippen molar-refractivity contribution in [2.75, 3.05) is 0 Å². The number of unbranched alkanes of at least 4 members (excludes halogenated alkanes) is 6. The first-order valence-corrected chi connectivity index (χ1v) is 6.69. The molecule has 0 rings (SSSR count). The first-order chi connectivity index (χ1) is 7.91. The minimum absolute atomic E-state index is 1.08. The molecule has 0 atom stereocenters. The molecule has 0 unspecified atom stereocenters. The Hall–Kier alpha value is -0.780. The maximum Gasteiger partial charge on any atom is -0.0348 e. The highest BCUT2D eigenvalue weighted by Gasteiger charge is 1.83. The van der Waals surface area contributed by atoms with Crippen LogP contribution in [-0.4, -0.2) is 0 Å². The predicted octanol–water partition coefficient (Wildman–Crippen LogP) is 5.63. The minimum atomic E-state index is 1.08. The Balaban J connectivity index is 3.30. The van der Waals surface area contributed by atoms with E-state index in [1.807, 2.05) is 0 Å². The van der Waals surface area contributed by atoms with Crippen LogP contribution in [0.5, 0.6) is 0 Å². The third-order valence-electron chi connectivity index (χ3n) is 2.45. The molecule has 0 N–H and O–H groups in total. The molecule has 0 aromatic rings. The van der Waals surface area contributed by atoms with Gasteiger partial charge in [0.25, 0.3) is 0 Å². The fourth-order valence-electron chi connectivity index (χ4n) is 1.42. The molecular formula is C16H27. The van der Waals surface area contributed by atoms with Gasteiger partial charge < -0.3 is 0 Å². The molecule has 0 heteroatoms. The molecular weight excluding hydrogens is 192 g/mol. The topological polar surface area (TPSA) is 0 Å². The van der Waals surface area contributed by atoms with E-state index in [1.165, 1.54) is 44.9 Å². The fourth-order valence-corrected chi connectivity index (χ4v) is 1.42.